The third kappa shape index (κ3) is 8.77. The Bertz CT molecular complexity index is 2100. The maximum absolute atomic E-state index is 12.9. The first-order valence-electron chi connectivity index (χ1n) is 14.7. The first-order valence-corrected chi connectivity index (χ1v) is 18.9. The lowest BCUT2D eigenvalue weighted by molar-refractivity contribution is -0.0586. The van der Waals surface area contributed by atoms with Gasteiger partial charge in [0.25, 0.3) is 0 Å². The number of alkyl halides is 9. The highest BCUT2D eigenvalue weighted by Gasteiger charge is 2.57. The van der Waals surface area contributed by atoms with Crippen molar-refractivity contribution in [3.05, 3.63) is 64.3 Å². The molecule has 2 aliphatic rings. The standard InChI is InChI=1S/C26H26F3NO6S.C2F6O5S2/c27-26(28,29)37(33,34)36-21-10-9-15(22-16-7-8-17(14-16)23(21)22)11-13-35-12-3-5-19-18-4-1-2-6-20(18)30-24(19)25(31)32;3-1(4,5)14(9,10)13-15(11,12)2(6,7)8/h1-2,4,6,9-10,16-17,30H,3,5,7-8,11-14H2,(H,31,32);. The molecule has 0 radical (unpaired) electrons. The Hall–Kier alpha value is -3.61. The quantitative estimate of drug-likeness (QED) is 0.0899. The second kappa shape index (κ2) is 14.7. The van der Waals surface area contributed by atoms with Crippen LogP contribution in [-0.4, -0.2) is 71.1 Å². The van der Waals surface area contributed by atoms with Crippen molar-refractivity contribution in [2.75, 3.05) is 13.2 Å². The average Bonchev–Trinajstić information content (AvgIpc) is 3.72. The van der Waals surface area contributed by atoms with Crippen LogP contribution >= 0.6 is 0 Å². The topological polar surface area (TPSA) is 183 Å². The number of para-hydroxylation sites is 1. The Balaban J connectivity index is 0.000000342. The van der Waals surface area contributed by atoms with Crippen LogP contribution in [0.5, 0.6) is 5.75 Å². The molecule has 3 aromatic rings. The molecule has 12 nitrogen and oxygen atoms in total. The molecule has 5 rings (SSSR count). The van der Waals surface area contributed by atoms with Crippen molar-refractivity contribution in [3.8, 4) is 5.75 Å². The number of benzene rings is 2. The summed E-state index contributed by atoms with van der Waals surface area (Å²) >= 11 is 0. The van der Waals surface area contributed by atoms with E-state index in [9.17, 15) is 74.7 Å². The number of H-pyrrole nitrogens is 1. The fraction of sp³-hybridized carbons (Fsp3) is 0.464. The van der Waals surface area contributed by atoms with E-state index in [1.165, 1.54) is 6.07 Å². The number of carboxylic acids is 1. The Morgan fingerprint density at radius 3 is 1.87 bits per heavy atom. The summed E-state index contributed by atoms with van der Waals surface area (Å²) in [5, 5.41) is 10.4. The first kappa shape index (κ1) is 41.2. The van der Waals surface area contributed by atoms with Gasteiger partial charge in [-0.1, -0.05) is 24.3 Å². The van der Waals surface area contributed by atoms with Crippen LogP contribution in [0.3, 0.4) is 0 Å². The molecule has 290 valence electrons. The molecule has 1 aromatic heterocycles. The number of aryl methyl sites for hydroxylation is 1. The molecule has 0 saturated heterocycles. The number of aromatic nitrogens is 1. The van der Waals surface area contributed by atoms with Gasteiger partial charge in [0.15, 0.2) is 0 Å². The van der Waals surface area contributed by atoms with Crippen molar-refractivity contribution < 1.29 is 87.2 Å². The number of hydrogen-bond donors (Lipinski definition) is 2. The highest BCUT2D eigenvalue weighted by molar-refractivity contribution is 8.00. The maximum Gasteiger partial charge on any atom is 0.534 e. The minimum absolute atomic E-state index is 0.00101. The van der Waals surface area contributed by atoms with Crippen molar-refractivity contribution in [2.45, 2.75) is 66.9 Å². The zero-order valence-electron chi connectivity index (χ0n) is 25.9. The lowest BCUT2D eigenvalue weighted by Gasteiger charge is -2.22. The summed E-state index contributed by atoms with van der Waals surface area (Å²) in [6, 6.07) is 10.4. The van der Waals surface area contributed by atoms with Gasteiger partial charge < -0.3 is 19.0 Å². The van der Waals surface area contributed by atoms with Crippen molar-refractivity contribution in [2.24, 2.45) is 0 Å². The van der Waals surface area contributed by atoms with E-state index in [1.807, 2.05) is 27.9 Å². The van der Waals surface area contributed by atoms with Gasteiger partial charge >= 0.3 is 52.8 Å². The van der Waals surface area contributed by atoms with E-state index in [-0.39, 0.29) is 23.3 Å². The van der Waals surface area contributed by atoms with E-state index >= 15 is 0 Å². The number of carboxylic acid groups (broad SMARTS) is 1. The van der Waals surface area contributed by atoms with Gasteiger partial charge in [0, 0.05) is 23.1 Å². The van der Waals surface area contributed by atoms with Crippen molar-refractivity contribution in [3.63, 3.8) is 0 Å². The highest BCUT2D eigenvalue weighted by Crippen LogP contribution is 2.57. The maximum atomic E-state index is 12.9. The summed E-state index contributed by atoms with van der Waals surface area (Å²) in [7, 11) is -19.4. The minimum Gasteiger partial charge on any atom is -0.477 e. The molecular formula is C28H26F9NO11S3. The SMILES string of the molecule is O=C(O)c1[nH]c2ccccc2c1CCCOCCc1ccc(OS(=O)(=O)C(F)(F)F)c2c1C1CCC2C1.O=S(=O)(OS(=O)(=O)C(F)(F)F)C(F)(F)F. The smallest absolute Gasteiger partial charge is 0.477 e. The van der Waals surface area contributed by atoms with Crippen LogP contribution in [0.4, 0.5) is 39.5 Å². The molecule has 24 heteroatoms. The van der Waals surface area contributed by atoms with Crippen molar-refractivity contribution in [1.29, 1.82) is 0 Å². The van der Waals surface area contributed by atoms with Crippen LogP contribution in [0, 0.1) is 0 Å². The van der Waals surface area contributed by atoms with Crippen molar-refractivity contribution in [1.82, 2.24) is 4.98 Å². The van der Waals surface area contributed by atoms with Gasteiger partial charge in [-0.15, -0.1) is 3.63 Å². The lowest BCUT2D eigenvalue weighted by atomic mass is 9.86. The molecule has 1 heterocycles. The number of carbonyl (C=O) groups is 1. The highest BCUT2D eigenvalue weighted by atomic mass is 32.3. The van der Waals surface area contributed by atoms with Crippen molar-refractivity contribution >= 4 is 47.2 Å². The molecule has 0 spiro atoms. The minimum atomic E-state index is -6.85. The Labute approximate surface area is 289 Å². The second-order valence-electron chi connectivity index (χ2n) is 11.4. The van der Waals surface area contributed by atoms with Crippen LogP contribution in [0.15, 0.2) is 36.4 Å². The third-order valence-electron chi connectivity index (χ3n) is 8.07. The van der Waals surface area contributed by atoms with Crippen LogP contribution in [0.1, 0.15) is 70.3 Å². The van der Waals surface area contributed by atoms with Crippen LogP contribution < -0.4 is 4.18 Å². The van der Waals surface area contributed by atoms with Crippen LogP contribution in [0.25, 0.3) is 10.9 Å². The second-order valence-corrected chi connectivity index (χ2v) is 16.2. The van der Waals surface area contributed by atoms with Gasteiger partial charge in [0.1, 0.15) is 11.4 Å². The largest absolute Gasteiger partial charge is 0.534 e. The van der Waals surface area contributed by atoms with Gasteiger partial charge in [-0.25, -0.2) is 4.79 Å². The number of ether oxygens (including phenoxy) is 1. The van der Waals surface area contributed by atoms with Gasteiger partial charge in [-0.2, -0.15) is 64.8 Å². The number of fused-ring (bicyclic) bond motifs is 6. The molecule has 52 heavy (non-hydrogen) atoms. The molecule has 2 aromatic carbocycles. The predicted octanol–water partition coefficient (Wildman–Crippen LogP) is 6.35. The third-order valence-corrected chi connectivity index (χ3v) is 11.6. The number of nitrogens with one attached hydrogen (secondary N) is 1. The van der Waals surface area contributed by atoms with Crippen LogP contribution in [-0.2, 0) is 51.6 Å². The molecule has 2 unspecified atom stereocenters. The van der Waals surface area contributed by atoms with E-state index in [2.05, 4.69) is 9.17 Å². The fourth-order valence-electron chi connectivity index (χ4n) is 6.00. The van der Waals surface area contributed by atoms with E-state index in [1.54, 1.807) is 6.07 Å². The van der Waals surface area contributed by atoms with Gasteiger partial charge in [-0.3, -0.25) is 0 Å². The molecule has 1 fully saturated rings. The summed E-state index contributed by atoms with van der Waals surface area (Å²) in [5.41, 5.74) is -13.9. The zero-order chi connectivity index (χ0) is 39.1. The number of aromatic carboxylic acids is 1. The number of rotatable bonds is 12. The molecule has 1 saturated carbocycles. The Morgan fingerprint density at radius 1 is 0.750 bits per heavy atom. The average molecular weight is 820 g/mol. The van der Waals surface area contributed by atoms with Gasteiger partial charge in [0.05, 0.1) is 6.61 Å². The molecule has 2 N–H and O–H groups in total. The normalized spacial score (nSPS) is 17.9. The monoisotopic (exact) mass is 819 g/mol. The molecule has 2 bridgehead atoms. The summed E-state index contributed by atoms with van der Waals surface area (Å²) in [6.45, 7) is 0.794. The van der Waals surface area contributed by atoms with Crippen LogP contribution in [0.2, 0.25) is 0 Å². The van der Waals surface area contributed by atoms with E-state index in [0.717, 1.165) is 46.9 Å². The van der Waals surface area contributed by atoms with Gasteiger partial charge in [-0.05, 0) is 79.2 Å². The molecule has 0 amide bonds. The lowest BCUT2D eigenvalue weighted by Crippen LogP contribution is -2.34. The fourth-order valence-corrected chi connectivity index (χ4v) is 8.04. The van der Waals surface area contributed by atoms with E-state index < -0.39 is 52.8 Å². The molecule has 2 aliphatic carbocycles. The number of halogens is 9. The van der Waals surface area contributed by atoms with Gasteiger partial charge in [0.2, 0.25) is 0 Å². The van der Waals surface area contributed by atoms with E-state index in [4.69, 9.17) is 4.74 Å². The molecular weight excluding hydrogens is 793 g/mol. The molecule has 0 aliphatic heterocycles. The summed E-state index contributed by atoms with van der Waals surface area (Å²) in [5.74, 6) is -1.05. The Morgan fingerprint density at radius 2 is 1.31 bits per heavy atom. The first-order chi connectivity index (χ1) is 23.8. The Kier molecular flexibility index (Phi) is 11.6. The number of hydrogen-bond acceptors (Lipinski definition) is 10. The number of aromatic amines is 1. The predicted molar refractivity (Wildman–Crippen MR) is 161 cm³/mol. The zero-order valence-corrected chi connectivity index (χ0v) is 28.4. The molecule has 2 atom stereocenters. The summed E-state index contributed by atoms with van der Waals surface area (Å²) in [4.78, 5) is 14.6. The summed E-state index contributed by atoms with van der Waals surface area (Å²) < 4.78 is 182. The summed E-state index contributed by atoms with van der Waals surface area (Å²) in [6.07, 6.45) is 4.18. The van der Waals surface area contributed by atoms with E-state index in [0.29, 0.717) is 38.0 Å².